The largest absolute Gasteiger partial charge is 0.484 e. The van der Waals surface area contributed by atoms with E-state index in [4.69, 9.17) is 4.74 Å². The zero-order valence-electron chi connectivity index (χ0n) is 10.5. The van der Waals surface area contributed by atoms with Gasteiger partial charge in [0, 0.05) is 5.69 Å². The molecule has 0 unspecified atom stereocenters. The molecule has 0 aromatic heterocycles. The lowest BCUT2D eigenvalue weighted by molar-refractivity contribution is -0.118. The van der Waals surface area contributed by atoms with E-state index in [1.54, 1.807) is 18.2 Å². The Morgan fingerprint density at radius 2 is 1.95 bits per heavy atom. The molecule has 0 bridgehead atoms. The van der Waals surface area contributed by atoms with E-state index in [9.17, 15) is 9.18 Å². The van der Waals surface area contributed by atoms with Crippen LogP contribution in [0.25, 0.3) is 0 Å². The number of hydrogen-bond donors (Lipinski definition) is 1. The van der Waals surface area contributed by atoms with E-state index in [0.717, 1.165) is 5.56 Å². The summed E-state index contributed by atoms with van der Waals surface area (Å²) in [7, 11) is 0. The molecule has 4 heteroatoms. The van der Waals surface area contributed by atoms with E-state index in [-0.39, 0.29) is 12.5 Å². The molecule has 0 spiro atoms. The zero-order valence-corrected chi connectivity index (χ0v) is 10.5. The van der Waals surface area contributed by atoms with Crippen molar-refractivity contribution in [1.82, 2.24) is 0 Å². The molecule has 3 nitrogen and oxygen atoms in total. The lowest BCUT2D eigenvalue weighted by atomic mass is 10.2. The Bertz CT molecular complexity index is 567. The fourth-order valence-electron chi connectivity index (χ4n) is 1.55. The van der Waals surface area contributed by atoms with Crippen LogP contribution in [0.2, 0.25) is 0 Å². The fourth-order valence-corrected chi connectivity index (χ4v) is 1.55. The first-order valence-corrected chi connectivity index (χ1v) is 5.88. The highest BCUT2D eigenvalue weighted by molar-refractivity contribution is 5.91. The highest BCUT2D eigenvalue weighted by Gasteiger charge is 2.04. The molecule has 1 amide bonds. The summed E-state index contributed by atoms with van der Waals surface area (Å²) in [5.74, 6) is -0.0941. The van der Waals surface area contributed by atoms with Crippen molar-refractivity contribution < 1.29 is 13.9 Å². The molecule has 0 saturated heterocycles. The van der Waals surface area contributed by atoms with Crippen molar-refractivity contribution in [3.8, 4) is 5.75 Å². The molecule has 0 radical (unpaired) electrons. The van der Waals surface area contributed by atoms with Crippen LogP contribution in [0.4, 0.5) is 10.1 Å². The molecule has 0 heterocycles. The summed E-state index contributed by atoms with van der Waals surface area (Å²) in [5.41, 5.74) is 1.54. The number of anilines is 1. The average molecular weight is 259 g/mol. The molecule has 0 saturated carbocycles. The Balaban J connectivity index is 1.86. The number of amides is 1. The summed E-state index contributed by atoms with van der Waals surface area (Å²) in [6.07, 6.45) is 0. The standard InChI is InChI=1S/C15H14FNO2/c1-11-5-7-14(8-6-11)19-10-15(18)17-13-4-2-3-12(16)9-13/h2-9H,10H2,1H3,(H,17,18). The van der Waals surface area contributed by atoms with Crippen molar-refractivity contribution in [2.24, 2.45) is 0 Å². The van der Waals surface area contributed by atoms with Crippen molar-refractivity contribution in [2.75, 3.05) is 11.9 Å². The smallest absolute Gasteiger partial charge is 0.262 e. The van der Waals surface area contributed by atoms with Crippen LogP contribution in [0.1, 0.15) is 5.56 Å². The third-order valence-corrected chi connectivity index (χ3v) is 2.50. The second-order valence-electron chi connectivity index (χ2n) is 4.16. The fraction of sp³-hybridized carbons (Fsp3) is 0.133. The maximum atomic E-state index is 12.9. The second-order valence-corrected chi connectivity index (χ2v) is 4.16. The molecule has 0 aliphatic carbocycles. The third-order valence-electron chi connectivity index (χ3n) is 2.50. The number of carbonyl (C=O) groups is 1. The maximum Gasteiger partial charge on any atom is 0.262 e. The highest BCUT2D eigenvalue weighted by Crippen LogP contribution is 2.12. The zero-order chi connectivity index (χ0) is 13.7. The number of halogens is 1. The van der Waals surface area contributed by atoms with E-state index in [2.05, 4.69) is 5.32 Å². The molecule has 98 valence electrons. The van der Waals surface area contributed by atoms with E-state index < -0.39 is 5.82 Å². The van der Waals surface area contributed by atoms with Crippen LogP contribution in [0.3, 0.4) is 0 Å². The third kappa shape index (κ3) is 4.10. The van der Waals surface area contributed by atoms with Crippen LogP contribution in [0.15, 0.2) is 48.5 Å². The number of benzene rings is 2. The van der Waals surface area contributed by atoms with E-state index in [1.807, 2.05) is 19.1 Å². The maximum absolute atomic E-state index is 12.9. The first kappa shape index (κ1) is 13.1. The molecule has 19 heavy (non-hydrogen) atoms. The molecule has 0 aliphatic heterocycles. The van der Waals surface area contributed by atoms with Gasteiger partial charge in [-0.2, -0.15) is 0 Å². The molecular weight excluding hydrogens is 245 g/mol. The topological polar surface area (TPSA) is 38.3 Å². The molecule has 0 fully saturated rings. The van der Waals surface area contributed by atoms with Crippen LogP contribution >= 0.6 is 0 Å². The number of ether oxygens (including phenoxy) is 1. The minimum Gasteiger partial charge on any atom is -0.484 e. The number of nitrogens with one attached hydrogen (secondary N) is 1. The molecule has 2 aromatic carbocycles. The Labute approximate surface area is 111 Å². The SMILES string of the molecule is Cc1ccc(OCC(=O)Nc2cccc(F)c2)cc1. The van der Waals surface area contributed by atoms with Gasteiger partial charge < -0.3 is 10.1 Å². The number of rotatable bonds is 4. The van der Waals surface area contributed by atoms with Gasteiger partial charge in [-0.3, -0.25) is 4.79 Å². The lowest BCUT2D eigenvalue weighted by Gasteiger charge is -2.07. The molecular formula is C15H14FNO2. The number of aryl methyl sites for hydroxylation is 1. The first-order valence-electron chi connectivity index (χ1n) is 5.88. The highest BCUT2D eigenvalue weighted by atomic mass is 19.1. The predicted octanol–water partition coefficient (Wildman–Crippen LogP) is 3.15. The van der Waals surface area contributed by atoms with Gasteiger partial charge in [-0.05, 0) is 37.3 Å². The summed E-state index contributed by atoms with van der Waals surface area (Å²) in [6, 6.07) is 13.1. The summed E-state index contributed by atoms with van der Waals surface area (Å²) in [6.45, 7) is 1.86. The average Bonchev–Trinajstić information content (AvgIpc) is 2.38. The van der Waals surface area contributed by atoms with Crippen molar-refractivity contribution in [1.29, 1.82) is 0 Å². The van der Waals surface area contributed by atoms with Crippen LogP contribution in [-0.4, -0.2) is 12.5 Å². The van der Waals surface area contributed by atoms with Gasteiger partial charge in [-0.25, -0.2) is 4.39 Å². The quantitative estimate of drug-likeness (QED) is 0.916. The summed E-state index contributed by atoms with van der Waals surface area (Å²) in [5, 5.41) is 2.56. The summed E-state index contributed by atoms with van der Waals surface area (Å²) < 4.78 is 18.2. The van der Waals surface area contributed by atoms with Crippen molar-refractivity contribution in [2.45, 2.75) is 6.92 Å². The summed E-state index contributed by atoms with van der Waals surface area (Å²) in [4.78, 5) is 11.6. The van der Waals surface area contributed by atoms with Crippen LogP contribution in [0, 0.1) is 12.7 Å². The Hall–Kier alpha value is -2.36. The minimum atomic E-state index is -0.391. The Morgan fingerprint density at radius 3 is 2.63 bits per heavy atom. The van der Waals surface area contributed by atoms with Gasteiger partial charge in [0.2, 0.25) is 0 Å². The van der Waals surface area contributed by atoms with Crippen LogP contribution < -0.4 is 10.1 Å². The van der Waals surface area contributed by atoms with Gasteiger partial charge in [0.25, 0.3) is 5.91 Å². The first-order chi connectivity index (χ1) is 9.13. The van der Waals surface area contributed by atoms with Crippen LogP contribution in [-0.2, 0) is 4.79 Å². The van der Waals surface area contributed by atoms with Crippen molar-refractivity contribution >= 4 is 11.6 Å². The molecule has 1 N–H and O–H groups in total. The molecule has 2 rings (SSSR count). The van der Waals surface area contributed by atoms with Gasteiger partial charge >= 0.3 is 0 Å². The van der Waals surface area contributed by atoms with Crippen LogP contribution in [0.5, 0.6) is 5.75 Å². The van der Waals surface area contributed by atoms with Gasteiger partial charge in [0.05, 0.1) is 0 Å². The van der Waals surface area contributed by atoms with Gasteiger partial charge in [-0.1, -0.05) is 23.8 Å². The molecule has 0 aliphatic rings. The normalized spacial score (nSPS) is 10.0. The number of hydrogen-bond acceptors (Lipinski definition) is 2. The van der Waals surface area contributed by atoms with Crippen molar-refractivity contribution in [3.05, 3.63) is 59.9 Å². The predicted molar refractivity (Wildman–Crippen MR) is 71.7 cm³/mol. The summed E-state index contributed by atoms with van der Waals surface area (Å²) >= 11 is 0. The lowest BCUT2D eigenvalue weighted by Crippen LogP contribution is -2.20. The number of carbonyl (C=O) groups excluding carboxylic acids is 1. The van der Waals surface area contributed by atoms with Gasteiger partial charge in [0.15, 0.2) is 6.61 Å². The van der Waals surface area contributed by atoms with E-state index in [1.165, 1.54) is 18.2 Å². The van der Waals surface area contributed by atoms with Gasteiger partial charge in [-0.15, -0.1) is 0 Å². The molecule has 2 aromatic rings. The van der Waals surface area contributed by atoms with Gasteiger partial charge in [0.1, 0.15) is 11.6 Å². The minimum absolute atomic E-state index is 0.112. The Morgan fingerprint density at radius 1 is 1.21 bits per heavy atom. The monoisotopic (exact) mass is 259 g/mol. The van der Waals surface area contributed by atoms with E-state index >= 15 is 0 Å². The van der Waals surface area contributed by atoms with E-state index in [0.29, 0.717) is 11.4 Å². The second kappa shape index (κ2) is 6.00. The Kier molecular flexibility index (Phi) is 4.13. The van der Waals surface area contributed by atoms with Crippen molar-refractivity contribution in [3.63, 3.8) is 0 Å². The molecule has 0 atom stereocenters.